The number of carbonyl (C=O) groups excluding carboxylic acids is 2. The molecule has 4 rings (SSSR count). The van der Waals surface area contributed by atoms with Gasteiger partial charge in [0.15, 0.2) is 0 Å². The molecule has 8 heteroatoms. The van der Waals surface area contributed by atoms with Crippen LogP contribution in [0.2, 0.25) is 5.02 Å². The summed E-state index contributed by atoms with van der Waals surface area (Å²) in [6.07, 6.45) is -0.00341. The van der Waals surface area contributed by atoms with Crippen LogP contribution >= 0.6 is 11.6 Å². The number of aryl methyl sites for hydroxylation is 1. The fourth-order valence-electron chi connectivity index (χ4n) is 3.85. The quantitative estimate of drug-likeness (QED) is 0.267. The largest absolute Gasteiger partial charge is 0.507 e. The van der Waals surface area contributed by atoms with E-state index in [1.54, 1.807) is 6.92 Å². The summed E-state index contributed by atoms with van der Waals surface area (Å²) in [5, 5.41) is 19.2. The Kier molecular flexibility index (Phi) is 6.33. The summed E-state index contributed by atoms with van der Waals surface area (Å²) in [4.78, 5) is 24.7. The number of para-hydroxylation sites is 1. The van der Waals surface area contributed by atoms with Crippen LogP contribution in [-0.4, -0.2) is 27.2 Å². The Balaban J connectivity index is 1.45. The van der Waals surface area contributed by atoms with Gasteiger partial charge in [0.25, 0.3) is 5.91 Å². The monoisotopic (exact) mass is 462 g/mol. The Morgan fingerprint density at radius 3 is 2.58 bits per heavy atom. The Morgan fingerprint density at radius 1 is 1.03 bits per heavy atom. The van der Waals surface area contributed by atoms with Gasteiger partial charge in [0.05, 0.1) is 12.0 Å². The average molecular weight is 463 g/mol. The van der Waals surface area contributed by atoms with Gasteiger partial charge in [0.1, 0.15) is 5.75 Å². The minimum absolute atomic E-state index is 0.00282. The molecule has 0 spiro atoms. The molecule has 3 aromatic carbocycles. The van der Waals surface area contributed by atoms with Crippen LogP contribution in [-0.2, 0) is 11.3 Å². The number of carbonyl (C=O) groups is 2. The molecule has 0 bridgehead atoms. The Labute approximate surface area is 195 Å². The van der Waals surface area contributed by atoms with Crippen molar-refractivity contribution in [2.75, 3.05) is 5.32 Å². The van der Waals surface area contributed by atoms with Gasteiger partial charge >= 0.3 is 0 Å². The zero-order valence-corrected chi connectivity index (χ0v) is 19.0. The molecular formula is C25H23ClN4O3. The lowest BCUT2D eigenvalue weighted by Gasteiger charge is -2.07. The highest BCUT2D eigenvalue weighted by Crippen LogP contribution is 2.31. The molecule has 0 unspecified atom stereocenters. The molecule has 4 aromatic rings. The number of anilines is 1. The number of phenols is 1. The number of aromatic nitrogens is 1. The molecule has 33 heavy (non-hydrogen) atoms. The van der Waals surface area contributed by atoms with Gasteiger partial charge in [0.2, 0.25) is 5.91 Å². The second kappa shape index (κ2) is 9.34. The fourth-order valence-corrected chi connectivity index (χ4v) is 4.02. The number of aromatic hydroxyl groups is 1. The number of hydrogen-bond acceptors (Lipinski definition) is 4. The Morgan fingerprint density at radius 2 is 1.79 bits per heavy atom. The van der Waals surface area contributed by atoms with Crippen LogP contribution < -0.4 is 10.7 Å². The summed E-state index contributed by atoms with van der Waals surface area (Å²) in [6.45, 7) is 4.59. The molecule has 0 saturated carbocycles. The van der Waals surface area contributed by atoms with Crippen LogP contribution in [0.4, 0.5) is 5.69 Å². The summed E-state index contributed by atoms with van der Waals surface area (Å²) in [5.74, 6) is -1.08. The summed E-state index contributed by atoms with van der Waals surface area (Å²) in [7, 11) is 0. The first-order valence-electron chi connectivity index (χ1n) is 10.5. The van der Waals surface area contributed by atoms with E-state index in [1.165, 1.54) is 18.2 Å². The van der Waals surface area contributed by atoms with Crippen LogP contribution in [0.1, 0.15) is 30.6 Å². The van der Waals surface area contributed by atoms with Crippen LogP contribution in [0.25, 0.3) is 21.8 Å². The second-order valence-corrected chi connectivity index (χ2v) is 8.10. The number of rotatable bonds is 6. The first kappa shape index (κ1) is 22.4. The number of nitrogens with one attached hydrogen (secondary N) is 2. The molecule has 1 aromatic heterocycles. The van der Waals surface area contributed by atoms with Crippen molar-refractivity contribution < 1.29 is 14.7 Å². The number of benzene rings is 3. The predicted octanol–water partition coefficient (Wildman–Crippen LogP) is 5.31. The third kappa shape index (κ3) is 4.68. The van der Waals surface area contributed by atoms with Gasteiger partial charge in [-0.2, -0.15) is 5.10 Å². The first-order valence-corrected chi connectivity index (χ1v) is 10.9. The second-order valence-electron chi connectivity index (χ2n) is 7.67. The number of hydrogen-bond donors (Lipinski definition) is 3. The summed E-state index contributed by atoms with van der Waals surface area (Å²) < 4.78 is 2.24. The average Bonchev–Trinajstić information content (AvgIpc) is 3.12. The van der Waals surface area contributed by atoms with Crippen LogP contribution in [0.3, 0.4) is 0 Å². The van der Waals surface area contributed by atoms with Crippen LogP contribution in [0.5, 0.6) is 5.75 Å². The molecular weight excluding hydrogens is 440 g/mol. The van der Waals surface area contributed by atoms with Crippen LogP contribution in [0, 0.1) is 0 Å². The molecule has 3 N–H and O–H groups in total. The zero-order valence-electron chi connectivity index (χ0n) is 18.2. The van der Waals surface area contributed by atoms with E-state index >= 15 is 0 Å². The van der Waals surface area contributed by atoms with E-state index in [9.17, 15) is 14.7 Å². The van der Waals surface area contributed by atoms with E-state index in [-0.39, 0.29) is 23.6 Å². The van der Waals surface area contributed by atoms with Gasteiger partial charge in [-0.25, -0.2) is 5.43 Å². The van der Waals surface area contributed by atoms with E-state index in [4.69, 9.17) is 11.6 Å². The molecule has 7 nitrogen and oxygen atoms in total. The standard InChI is InChI=1S/C25H23ClN4O3/c1-3-30-21-7-5-4-6-18(21)19-14-17(9-10-22(19)30)27-24(32)12-15(2)28-29-25(33)20-13-16(26)8-11-23(20)31/h4-11,13-14,31H,3,12H2,1-2H3,(H,27,32)(H,29,33)/b28-15-. The molecule has 0 aliphatic rings. The fraction of sp³-hybridized carbons (Fsp3) is 0.160. The maximum Gasteiger partial charge on any atom is 0.275 e. The predicted molar refractivity (Wildman–Crippen MR) is 132 cm³/mol. The summed E-state index contributed by atoms with van der Waals surface area (Å²) >= 11 is 5.87. The minimum Gasteiger partial charge on any atom is -0.507 e. The Bertz CT molecular complexity index is 1410. The summed E-state index contributed by atoms with van der Waals surface area (Å²) in [6, 6.07) is 18.2. The molecule has 2 amide bonds. The SMILES string of the molecule is CCn1c2ccccc2c2cc(NC(=O)C/C(C)=N\NC(=O)c3cc(Cl)ccc3O)ccc21. The molecule has 0 aliphatic heterocycles. The van der Waals surface area contributed by atoms with Crippen molar-refractivity contribution in [3.8, 4) is 5.75 Å². The van der Waals surface area contributed by atoms with Crippen molar-refractivity contribution in [3.63, 3.8) is 0 Å². The number of nitrogens with zero attached hydrogens (tertiary/aromatic N) is 2. The van der Waals surface area contributed by atoms with Gasteiger partial charge in [-0.05, 0) is 56.3 Å². The zero-order chi connectivity index (χ0) is 23.5. The maximum absolute atomic E-state index is 12.5. The molecule has 0 saturated heterocycles. The van der Waals surface area contributed by atoms with Gasteiger partial charge in [-0.1, -0.05) is 29.8 Å². The minimum atomic E-state index is -0.618. The van der Waals surface area contributed by atoms with Crippen molar-refractivity contribution >= 4 is 56.6 Å². The smallest absolute Gasteiger partial charge is 0.275 e. The first-order chi connectivity index (χ1) is 15.9. The van der Waals surface area contributed by atoms with Crippen molar-refractivity contribution in [2.45, 2.75) is 26.8 Å². The van der Waals surface area contributed by atoms with Gasteiger partial charge in [-0.15, -0.1) is 0 Å². The topological polar surface area (TPSA) is 95.7 Å². The number of hydrazone groups is 1. The molecule has 0 aliphatic carbocycles. The lowest BCUT2D eigenvalue weighted by atomic mass is 10.1. The lowest BCUT2D eigenvalue weighted by molar-refractivity contribution is -0.115. The molecule has 0 atom stereocenters. The molecule has 168 valence electrons. The van der Waals surface area contributed by atoms with E-state index in [1.807, 2.05) is 30.3 Å². The van der Waals surface area contributed by atoms with Gasteiger partial charge < -0.3 is 15.0 Å². The van der Waals surface area contributed by atoms with Gasteiger partial charge in [0, 0.05) is 44.8 Å². The number of amides is 2. The lowest BCUT2D eigenvalue weighted by Crippen LogP contribution is -2.21. The molecule has 0 radical (unpaired) electrons. The normalized spacial score (nSPS) is 11.7. The van der Waals surface area contributed by atoms with E-state index in [2.05, 4.69) is 39.5 Å². The highest BCUT2D eigenvalue weighted by Gasteiger charge is 2.13. The maximum atomic E-state index is 12.5. The third-order valence-electron chi connectivity index (χ3n) is 5.34. The van der Waals surface area contributed by atoms with Crippen molar-refractivity contribution in [2.24, 2.45) is 5.10 Å². The van der Waals surface area contributed by atoms with Crippen LogP contribution in [0.15, 0.2) is 65.8 Å². The Hall–Kier alpha value is -3.84. The molecule has 1 heterocycles. The van der Waals surface area contributed by atoms with Crippen molar-refractivity contribution in [1.29, 1.82) is 0 Å². The highest BCUT2D eigenvalue weighted by atomic mass is 35.5. The highest BCUT2D eigenvalue weighted by molar-refractivity contribution is 6.31. The van der Waals surface area contributed by atoms with E-state index in [0.29, 0.717) is 16.4 Å². The number of phenolic OH excluding ortho intramolecular Hbond substituents is 1. The van der Waals surface area contributed by atoms with Crippen molar-refractivity contribution in [3.05, 3.63) is 71.2 Å². The van der Waals surface area contributed by atoms with E-state index < -0.39 is 5.91 Å². The third-order valence-corrected chi connectivity index (χ3v) is 5.58. The van der Waals surface area contributed by atoms with Crippen molar-refractivity contribution in [1.82, 2.24) is 9.99 Å². The van der Waals surface area contributed by atoms with E-state index in [0.717, 1.165) is 28.4 Å². The summed E-state index contributed by atoms with van der Waals surface area (Å²) in [5.41, 5.74) is 5.70. The van der Waals surface area contributed by atoms with Gasteiger partial charge in [-0.3, -0.25) is 9.59 Å². The number of fused-ring (bicyclic) bond motifs is 3. The molecule has 0 fully saturated rings. The number of halogens is 1.